The Morgan fingerprint density at radius 1 is 1.33 bits per heavy atom. The molecule has 0 bridgehead atoms. The third-order valence-corrected chi connectivity index (χ3v) is 2.32. The highest BCUT2D eigenvalue weighted by atomic mass is 16.5. The van der Waals surface area contributed by atoms with Crippen molar-refractivity contribution in [1.29, 1.82) is 0 Å². The molecule has 0 aliphatic carbocycles. The van der Waals surface area contributed by atoms with Crippen molar-refractivity contribution in [1.82, 2.24) is 4.90 Å². The monoisotopic (exact) mass is 253 g/mol. The number of nitrogens with zero attached hydrogens (tertiary/aromatic N) is 1. The van der Waals surface area contributed by atoms with E-state index >= 15 is 0 Å². The SMILES string of the molecule is COc1ccc(CN(C=O)CC(=O)O)cc1OC. The van der Waals surface area contributed by atoms with E-state index in [9.17, 15) is 9.59 Å². The number of benzene rings is 1. The number of methoxy groups -OCH3 is 2. The number of rotatable bonds is 7. The van der Waals surface area contributed by atoms with Crippen molar-refractivity contribution < 1.29 is 24.2 Å². The molecule has 0 heterocycles. The van der Waals surface area contributed by atoms with Crippen LogP contribution in [0.2, 0.25) is 0 Å². The maximum absolute atomic E-state index is 10.7. The molecule has 1 rings (SSSR count). The summed E-state index contributed by atoms with van der Waals surface area (Å²) in [4.78, 5) is 22.4. The molecule has 0 aliphatic rings. The Morgan fingerprint density at radius 3 is 2.50 bits per heavy atom. The second-order valence-corrected chi connectivity index (χ2v) is 3.59. The van der Waals surface area contributed by atoms with Crippen molar-refractivity contribution in [3.63, 3.8) is 0 Å². The maximum Gasteiger partial charge on any atom is 0.323 e. The van der Waals surface area contributed by atoms with Crippen molar-refractivity contribution in [2.45, 2.75) is 6.54 Å². The molecule has 0 atom stereocenters. The van der Waals surface area contributed by atoms with Gasteiger partial charge in [0.25, 0.3) is 0 Å². The molecule has 0 aliphatic heterocycles. The van der Waals surface area contributed by atoms with Crippen LogP contribution in [0.1, 0.15) is 5.56 Å². The number of carboxylic acid groups (broad SMARTS) is 1. The molecular weight excluding hydrogens is 238 g/mol. The predicted octanol–water partition coefficient (Wildman–Crippen LogP) is 0.747. The van der Waals surface area contributed by atoms with E-state index in [-0.39, 0.29) is 13.1 Å². The molecule has 0 spiro atoms. The molecule has 0 saturated carbocycles. The van der Waals surface area contributed by atoms with Crippen LogP contribution < -0.4 is 9.47 Å². The number of hydrogen-bond acceptors (Lipinski definition) is 4. The Morgan fingerprint density at radius 2 is 2.00 bits per heavy atom. The van der Waals surface area contributed by atoms with Crippen LogP contribution in [0, 0.1) is 0 Å². The number of carbonyl (C=O) groups excluding carboxylic acids is 1. The summed E-state index contributed by atoms with van der Waals surface area (Å²) in [6, 6.07) is 5.16. The maximum atomic E-state index is 10.7. The Kier molecular flexibility index (Phi) is 4.98. The lowest BCUT2D eigenvalue weighted by atomic mass is 10.2. The number of amides is 1. The third-order valence-electron chi connectivity index (χ3n) is 2.32. The summed E-state index contributed by atoms with van der Waals surface area (Å²) in [5.41, 5.74) is 0.765. The molecule has 1 aromatic rings. The van der Waals surface area contributed by atoms with Gasteiger partial charge in [0.05, 0.1) is 14.2 Å². The number of ether oxygens (including phenoxy) is 2. The highest BCUT2D eigenvalue weighted by Crippen LogP contribution is 2.27. The van der Waals surface area contributed by atoms with Crippen LogP contribution in [0.15, 0.2) is 18.2 Å². The van der Waals surface area contributed by atoms with Gasteiger partial charge in [-0.3, -0.25) is 9.59 Å². The standard InChI is InChI=1S/C12H15NO5/c1-17-10-4-3-9(5-11(10)18-2)6-13(8-14)7-12(15)16/h3-5,8H,6-7H2,1-2H3,(H,15,16). The van der Waals surface area contributed by atoms with Crippen LogP contribution in [0.25, 0.3) is 0 Å². The van der Waals surface area contributed by atoms with E-state index in [0.29, 0.717) is 17.9 Å². The van der Waals surface area contributed by atoms with E-state index in [1.807, 2.05) is 0 Å². The van der Waals surface area contributed by atoms with Crippen molar-refractivity contribution in [3.05, 3.63) is 23.8 Å². The van der Waals surface area contributed by atoms with Crippen LogP contribution in [0.4, 0.5) is 0 Å². The van der Waals surface area contributed by atoms with E-state index in [2.05, 4.69) is 0 Å². The average molecular weight is 253 g/mol. The number of aliphatic carboxylic acids is 1. The molecule has 98 valence electrons. The zero-order valence-electron chi connectivity index (χ0n) is 10.3. The van der Waals surface area contributed by atoms with Gasteiger partial charge in [-0.1, -0.05) is 6.07 Å². The van der Waals surface area contributed by atoms with Crippen molar-refractivity contribution in [3.8, 4) is 11.5 Å². The topological polar surface area (TPSA) is 76.1 Å². The van der Waals surface area contributed by atoms with E-state index in [1.165, 1.54) is 14.2 Å². The summed E-state index contributed by atoms with van der Waals surface area (Å²) in [7, 11) is 3.04. The van der Waals surface area contributed by atoms with Crippen LogP contribution in [-0.2, 0) is 16.1 Å². The highest BCUT2D eigenvalue weighted by molar-refractivity contribution is 5.71. The number of carboxylic acids is 1. The van der Waals surface area contributed by atoms with E-state index in [0.717, 1.165) is 10.5 Å². The van der Waals surface area contributed by atoms with Gasteiger partial charge >= 0.3 is 5.97 Å². The van der Waals surface area contributed by atoms with Gasteiger partial charge in [-0.25, -0.2) is 0 Å². The summed E-state index contributed by atoms with van der Waals surface area (Å²) in [5.74, 6) is 0.0656. The van der Waals surface area contributed by atoms with E-state index in [1.54, 1.807) is 18.2 Å². The molecule has 6 heteroatoms. The number of carbonyl (C=O) groups is 2. The Bertz CT molecular complexity index is 432. The first-order chi connectivity index (χ1) is 8.60. The van der Waals surface area contributed by atoms with Crippen LogP contribution >= 0.6 is 0 Å². The summed E-state index contributed by atoms with van der Waals surface area (Å²) >= 11 is 0. The lowest BCUT2D eigenvalue weighted by Gasteiger charge is -2.16. The molecule has 0 aromatic heterocycles. The van der Waals surface area contributed by atoms with Crippen LogP contribution in [0.3, 0.4) is 0 Å². The van der Waals surface area contributed by atoms with Gasteiger partial charge < -0.3 is 19.5 Å². The summed E-state index contributed by atoms with van der Waals surface area (Å²) < 4.78 is 10.2. The lowest BCUT2D eigenvalue weighted by molar-refractivity contribution is -0.141. The van der Waals surface area contributed by atoms with Gasteiger partial charge in [-0.05, 0) is 17.7 Å². The molecule has 18 heavy (non-hydrogen) atoms. The first kappa shape index (κ1) is 13.8. The van der Waals surface area contributed by atoms with Crippen molar-refractivity contribution in [2.75, 3.05) is 20.8 Å². The second kappa shape index (κ2) is 6.48. The minimum Gasteiger partial charge on any atom is -0.493 e. The van der Waals surface area contributed by atoms with E-state index < -0.39 is 5.97 Å². The quantitative estimate of drug-likeness (QED) is 0.725. The second-order valence-electron chi connectivity index (χ2n) is 3.59. The molecular formula is C12H15NO5. The fourth-order valence-corrected chi connectivity index (χ4v) is 1.52. The third kappa shape index (κ3) is 3.65. The largest absolute Gasteiger partial charge is 0.493 e. The normalized spacial score (nSPS) is 9.67. The van der Waals surface area contributed by atoms with Crippen molar-refractivity contribution >= 4 is 12.4 Å². The highest BCUT2D eigenvalue weighted by Gasteiger charge is 2.10. The number of hydrogen-bond donors (Lipinski definition) is 1. The Balaban J connectivity index is 2.83. The minimum absolute atomic E-state index is 0.205. The molecule has 0 radical (unpaired) electrons. The minimum atomic E-state index is -1.05. The van der Waals surface area contributed by atoms with Crippen molar-refractivity contribution in [2.24, 2.45) is 0 Å². The first-order valence-corrected chi connectivity index (χ1v) is 5.22. The summed E-state index contributed by atoms with van der Waals surface area (Å²) in [5, 5.41) is 8.63. The van der Waals surface area contributed by atoms with Gasteiger partial charge in [0.2, 0.25) is 6.41 Å². The molecule has 1 aromatic carbocycles. The van der Waals surface area contributed by atoms with Gasteiger partial charge in [0.1, 0.15) is 6.54 Å². The summed E-state index contributed by atoms with van der Waals surface area (Å²) in [6.45, 7) is -0.131. The van der Waals surface area contributed by atoms with Gasteiger partial charge in [-0.2, -0.15) is 0 Å². The van der Waals surface area contributed by atoms with Gasteiger partial charge in [0.15, 0.2) is 11.5 Å². The average Bonchev–Trinajstić information content (AvgIpc) is 2.37. The lowest BCUT2D eigenvalue weighted by Crippen LogP contribution is -2.27. The Labute approximate surface area is 105 Å². The van der Waals surface area contributed by atoms with E-state index in [4.69, 9.17) is 14.6 Å². The smallest absolute Gasteiger partial charge is 0.323 e. The zero-order chi connectivity index (χ0) is 13.5. The summed E-state index contributed by atoms with van der Waals surface area (Å²) in [6.07, 6.45) is 0.505. The van der Waals surface area contributed by atoms with Gasteiger partial charge in [-0.15, -0.1) is 0 Å². The predicted molar refractivity (Wildman–Crippen MR) is 63.7 cm³/mol. The fraction of sp³-hybridized carbons (Fsp3) is 0.333. The molecule has 0 fully saturated rings. The molecule has 0 saturated heterocycles. The zero-order valence-corrected chi connectivity index (χ0v) is 10.3. The van der Waals surface area contributed by atoms with Crippen LogP contribution in [0.5, 0.6) is 11.5 Å². The molecule has 6 nitrogen and oxygen atoms in total. The first-order valence-electron chi connectivity index (χ1n) is 5.22. The molecule has 0 unspecified atom stereocenters. The fourth-order valence-electron chi connectivity index (χ4n) is 1.52. The molecule has 1 amide bonds. The Hall–Kier alpha value is -2.24. The van der Waals surface area contributed by atoms with Gasteiger partial charge in [0, 0.05) is 6.54 Å². The molecule has 1 N–H and O–H groups in total. The van der Waals surface area contributed by atoms with Crippen LogP contribution in [-0.4, -0.2) is 43.2 Å².